The maximum atomic E-state index is 3.38. The summed E-state index contributed by atoms with van der Waals surface area (Å²) in [5.41, 5.74) is 1.52. The Labute approximate surface area is 326 Å². The highest BCUT2D eigenvalue weighted by atomic mass is 15.1. The summed E-state index contributed by atoms with van der Waals surface area (Å²) in [5, 5.41) is 0. The highest BCUT2D eigenvalue weighted by Crippen LogP contribution is 2.29. The summed E-state index contributed by atoms with van der Waals surface area (Å²) >= 11 is 0. The number of imidazole rings is 1. The van der Waals surface area contributed by atoms with E-state index in [0.717, 1.165) is 0 Å². The van der Waals surface area contributed by atoms with Gasteiger partial charge in [-0.25, -0.2) is 4.57 Å². The monoisotopic (exact) mass is 720 g/mol. The zero-order valence-corrected chi connectivity index (χ0v) is 35.4. The van der Waals surface area contributed by atoms with Crippen LogP contribution in [0.3, 0.4) is 0 Å². The van der Waals surface area contributed by atoms with Crippen LogP contribution in [0.4, 0.5) is 0 Å². The Morgan fingerprint density at radius 2 is 0.769 bits per heavy atom. The lowest BCUT2D eigenvalue weighted by Crippen LogP contribution is -2.42. The first kappa shape index (κ1) is 46.6. The number of aromatic nitrogens is 2. The van der Waals surface area contributed by atoms with Gasteiger partial charge in [0.2, 0.25) is 6.33 Å². The summed E-state index contributed by atoms with van der Waals surface area (Å²) in [4.78, 5) is 3.38. The molecule has 2 aromatic rings. The summed E-state index contributed by atoms with van der Waals surface area (Å²) in [6, 6.07) is 12.0. The molecule has 0 aliphatic rings. The van der Waals surface area contributed by atoms with Crippen LogP contribution in [0.2, 0.25) is 0 Å². The van der Waals surface area contributed by atoms with Crippen molar-refractivity contribution < 1.29 is 4.57 Å². The number of aromatic amines is 1. The molecule has 2 unspecified atom stereocenters. The Morgan fingerprint density at radius 1 is 0.423 bits per heavy atom. The number of benzene rings is 1. The third-order valence-corrected chi connectivity index (χ3v) is 12.1. The van der Waals surface area contributed by atoms with E-state index < -0.39 is 0 Å². The second-order valence-electron chi connectivity index (χ2n) is 17.0. The van der Waals surface area contributed by atoms with Crippen molar-refractivity contribution in [2.24, 2.45) is 5.92 Å². The molecule has 2 atom stereocenters. The van der Waals surface area contributed by atoms with E-state index in [4.69, 9.17) is 0 Å². The van der Waals surface area contributed by atoms with E-state index in [1.165, 1.54) is 243 Å². The minimum atomic E-state index is 0.601. The van der Waals surface area contributed by atoms with Crippen LogP contribution in [0.1, 0.15) is 257 Å². The predicted octanol–water partition coefficient (Wildman–Crippen LogP) is 16.8. The predicted molar refractivity (Wildman–Crippen MR) is 231 cm³/mol. The normalized spacial score (nSPS) is 12.8. The van der Waals surface area contributed by atoms with Crippen LogP contribution < -0.4 is 4.57 Å². The number of H-pyrrole nitrogens is 1. The molecular weight excluding hydrogens is 629 g/mol. The van der Waals surface area contributed by atoms with Gasteiger partial charge in [0.1, 0.15) is 18.4 Å². The average molecular weight is 720 g/mol. The summed E-state index contributed by atoms with van der Waals surface area (Å²) in [6.45, 7) is 4.62. The van der Waals surface area contributed by atoms with Gasteiger partial charge in [0.05, 0.1) is 0 Å². The van der Waals surface area contributed by atoms with Crippen LogP contribution in [-0.2, 0) is 6.42 Å². The van der Waals surface area contributed by atoms with Crippen molar-refractivity contribution >= 4 is 0 Å². The SMILES string of the molecule is CCCCCCCCCCCCCCCCCCCC(Cc1ccccc1)C(CCCCCCCCCCCCCCCCCCC)[n+]1cc[nH]c1. The molecule has 0 saturated heterocycles. The zero-order chi connectivity index (χ0) is 36.8. The third kappa shape index (κ3) is 27.1. The average Bonchev–Trinajstić information content (AvgIpc) is 3.70. The molecule has 1 aromatic carbocycles. The number of unbranched alkanes of at least 4 members (excludes halogenated alkanes) is 32. The van der Waals surface area contributed by atoms with Crippen molar-refractivity contribution in [3.05, 3.63) is 54.6 Å². The van der Waals surface area contributed by atoms with Crippen LogP contribution in [0.15, 0.2) is 49.1 Å². The van der Waals surface area contributed by atoms with Crippen molar-refractivity contribution in [1.29, 1.82) is 0 Å². The zero-order valence-electron chi connectivity index (χ0n) is 35.4. The van der Waals surface area contributed by atoms with Crippen molar-refractivity contribution in [3.63, 3.8) is 0 Å². The van der Waals surface area contributed by atoms with Crippen molar-refractivity contribution in [1.82, 2.24) is 4.98 Å². The molecule has 2 nitrogen and oxygen atoms in total. The third-order valence-electron chi connectivity index (χ3n) is 12.1. The molecule has 300 valence electrons. The summed E-state index contributed by atoms with van der Waals surface area (Å²) in [6.07, 6.45) is 59.6. The second kappa shape index (κ2) is 36.4. The molecule has 0 spiro atoms. The van der Waals surface area contributed by atoms with Gasteiger partial charge in [-0.05, 0) is 31.2 Å². The maximum Gasteiger partial charge on any atom is 0.241 e. The van der Waals surface area contributed by atoms with Crippen molar-refractivity contribution in [3.8, 4) is 0 Å². The molecule has 0 radical (unpaired) electrons. The number of nitrogens with one attached hydrogen (secondary N) is 1. The quantitative estimate of drug-likeness (QED) is 0.0523. The van der Waals surface area contributed by atoms with Gasteiger partial charge < -0.3 is 0 Å². The van der Waals surface area contributed by atoms with Crippen molar-refractivity contribution in [2.75, 3.05) is 0 Å². The Balaban J connectivity index is 1.58. The Kier molecular flexibility index (Phi) is 32.6. The smallest absolute Gasteiger partial charge is 0.241 e. The maximum absolute atomic E-state index is 3.38. The first-order chi connectivity index (χ1) is 25.8. The highest BCUT2D eigenvalue weighted by Gasteiger charge is 2.26. The van der Waals surface area contributed by atoms with E-state index >= 15 is 0 Å². The lowest BCUT2D eigenvalue weighted by atomic mass is 9.84. The largest absolute Gasteiger partial charge is 0.250 e. The minimum absolute atomic E-state index is 0.601. The first-order valence-corrected chi connectivity index (χ1v) is 23.9. The fourth-order valence-corrected chi connectivity index (χ4v) is 8.69. The van der Waals surface area contributed by atoms with E-state index in [0.29, 0.717) is 12.0 Å². The van der Waals surface area contributed by atoms with Gasteiger partial charge in [-0.3, -0.25) is 4.98 Å². The topological polar surface area (TPSA) is 19.7 Å². The van der Waals surface area contributed by atoms with Crippen LogP contribution in [0.5, 0.6) is 0 Å². The van der Waals surface area contributed by atoms with Gasteiger partial charge in [0.15, 0.2) is 0 Å². The summed E-state index contributed by atoms with van der Waals surface area (Å²) < 4.78 is 2.52. The molecule has 2 heteroatoms. The van der Waals surface area contributed by atoms with Gasteiger partial charge >= 0.3 is 0 Å². The van der Waals surface area contributed by atoms with Gasteiger partial charge in [0.25, 0.3) is 0 Å². The molecular formula is C50H91N2+. The number of hydrogen-bond acceptors (Lipinski definition) is 0. The van der Waals surface area contributed by atoms with Crippen LogP contribution >= 0.6 is 0 Å². The molecule has 0 amide bonds. The highest BCUT2D eigenvalue weighted by molar-refractivity contribution is 5.15. The van der Waals surface area contributed by atoms with Gasteiger partial charge in [-0.15, -0.1) is 0 Å². The number of hydrogen-bond donors (Lipinski definition) is 1. The van der Waals surface area contributed by atoms with Gasteiger partial charge in [-0.1, -0.05) is 256 Å². The minimum Gasteiger partial charge on any atom is -0.250 e. The number of nitrogens with zero attached hydrogens (tertiary/aromatic N) is 1. The molecule has 0 bridgehead atoms. The molecule has 0 fully saturated rings. The first-order valence-electron chi connectivity index (χ1n) is 23.9. The Bertz CT molecular complexity index is 936. The van der Waals surface area contributed by atoms with E-state index in [9.17, 15) is 0 Å². The molecule has 1 aromatic heterocycles. The van der Waals surface area contributed by atoms with Crippen molar-refractivity contribution in [2.45, 2.75) is 257 Å². The molecule has 0 aliphatic heterocycles. The van der Waals surface area contributed by atoms with E-state index in [1.807, 2.05) is 0 Å². The number of rotatable bonds is 40. The molecule has 0 aliphatic carbocycles. The molecule has 52 heavy (non-hydrogen) atoms. The molecule has 1 N–H and O–H groups in total. The molecule has 0 saturated carbocycles. The van der Waals surface area contributed by atoms with E-state index in [1.54, 1.807) is 0 Å². The summed E-state index contributed by atoms with van der Waals surface area (Å²) in [5.74, 6) is 0.709. The Hall–Kier alpha value is -1.57. The Morgan fingerprint density at radius 3 is 1.12 bits per heavy atom. The van der Waals surface area contributed by atoms with Crippen LogP contribution in [0.25, 0.3) is 0 Å². The second-order valence-corrected chi connectivity index (χ2v) is 17.0. The van der Waals surface area contributed by atoms with E-state index in [-0.39, 0.29) is 0 Å². The lowest BCUT2D eigenvalue weighted by Gasteiger charge is -2.25. The van der Waals surface area contributed by atoms with Gasteiger partial charge in [0, 0.05) is 5.92 Å². The van der Waals surface area contributed by atoms with Gasteiger partial charge in [-0.2, -0.15) is 0 Å². The fraction of sp³-hybridized carbons (Fsp3) is 0.820. The summed E-state index contributed by atoms with van der Waals surface area (Å²) in [7, 11) is 0. The van der Waals surface area contributed by atoms with Crippen LogP contribution in [-0.4, -0.2) is 4.98 Å². The molecule has 2 rings (SSSR count). The van der Waals surface area contributed by atoms with E-state index in [2.05, 4.69) is 72.5 Å². The molecule has 1 heterocycles. The fourth-order valence-electron chi connectivity index (χ4n) is 8.69. The standard InChI is InChI=1S/C50H90N2/c1-3-5-7-9-11-13-15-17-19-21-23-25-27-29-31-33-38-42-49(46-48-40-36-35-37-41-48)50(52-45-44-51-47-52)43-39-34-32-30-28-26-24-22-20-18-16-14-12-10-8-6-4-2/h35-37,40-41,44-45,47,49-50H,3-34,38-39,42-43,46H2,1-2H3/p+1. The lowest BCUT2D eigenvalue weighted by molar-refractivity contribution is -0.730. The van der Waals surface area contributed by atoms with Crippen LogP contribution in [0, 0.1) is 5.92 Å².